The first-order chi connectivity index (χ1) is 17.0. The van der Waals surface area contributed by atoms with Crippen molar-refractivity contribution < 1.29 is 14.2 Å². The number of aromatic nitrogens is 2. The highest BCUT2D eigenvalue weighted by Gasteiger charge is 2.20. The highest BCUT2D eigenvalue weighted by Crippen LogP contribution is 2.36. The maximum absolute atomic E-state index is 13.0. The Morgan fingerprint density at radius 2 is 1.77 bits per heavy atom. The van der Waals surface area contributed by atoms with E-state index in [-0.39, 0.29) is 5.56 Å². The molecule has 0 atom stereocenters. The first-order valence-electron chi connectivity index (χ1n) is 12.2. The topological polar surface area (TPSA) is 73.4 Å². The first kappa shape index (κ1) is 23.4. The van der Waals surface area contributed by atoms with Gasteiger partial charge in [0.15, 0.2) is 11.5 Å². The summed E-state index contributed by atoms with van der Waals surface area (Å²) in [4.78, 5) is 22.9. The Morgan fingerprint density at radius 1 is 0.943 bits per heavy atom. The molecule has 0 bridgehead atoms. The summed E-state index contributed by atoms with van der Waals surface area (Å²) in [7, 11) is 0. The Balaban J connectivity index is 1.33. The average molecular weight is 491 g/mol. The molecule has 0 saturated heterocycles. The number of thiophene rings is 1. The molecule has 0 fully saturated rings. The van der Waals surface area contributed by atoms with Crippen LogP contribution >= 0.6 is 11.3 Å². The Morgan fingerprint density at radius 3 is 2.60 bits per heavy atom. The highest BCUT2D eigenvalue weighted by molar-refractivity contribution is 7.18. The van der Waals surface area contributed by atoms with Gasteiger partial charge in [-0.1, -0.05) is 6.07 Å². The van der Waals surface area contributed by atoms with Gasteiger partial charge in [0.1, 0.15) is 29.6 Å². The zero-order valence-electron chi connectivity index (χ0n) is 20.4. The molecule has 5 rings (SSSR count). The van der Waals surface area contributed by atoms with Crippen LogP contribution in [0.15, 0.2) is 41.2 Å². The van der Waals surface area contributed by atoms with E-state index >= 15 is 0 Å². The van der Waals surface area contributed by atoms with Gasteiger partial charge in [0.25, 0.3) is 5.56 Å². The Labute approximate surface area is 208 Å². The van der Waals surface area contributed by atoms with Crippen LogP contribution < -0.4 is 19.8 Å². The number of nitrogens with one attached hydrogen (secondary N) is 1. The normalized spacial score (nSPS) is 13.0. The van der Waals surface area contributed by atoms with Gasteiger partial charge in [0, 0.05) is 10.4 Å². The van der Waals surface area contributed by atoms with Gasteiger partial charge in [-0.25, -0.2) is 4.98 Å². The van der Waals surface area contributed by atoms with Gasteiger partial charge < -0.3 is 19.2 Å². The summed E-state index contributed by atoms with van der Waals surface area (Å²) in [5, 5.41) is 0.766. The van der Waals surface area contributed by atoms with Crippen molar-refractivity contribution >= 4 is 21.6 Å². The minimum absolute atomic E-state index is 0.0637. The number of aryl methyl sites for hydroxylation is 4. The van der Waals surface area contributed by atoms with E-state index in [0.717, 1.165) is 40.8 Å². The molecule has 2 heterocycles. The van der Waals surface area contributed by atoms with Crippen LogP contribution in [0.25, 0.3) is 21.6 Å². The fourth-order valence-electron chi connectivity index (χ4n) is 4.46. The largest absolute Gasteiger partial charge is 0.490 e. The first-order valence-corrected chi connectivity index (χ1v) is 13.0. The molecular weight excluding hydrogens is 460 g/mol. The highest BCUT2D eigenvalue weighted by atomic mass is 32.1. The molecule has 0 spiro atoms. The molecule has 0 radical (unpaired) electrons. The SMILES string of the molecule is CCOc1cc(-c2nc3sc4c(c3c(=O)[nH]2)CCCC4)ccc1OCCOc1ccc(C)c(C)c1. The molecule has 0 aliphatic heterocycles. The number of ether oxygens (including phenoxy) is 3. The number of H-pyrrole nitrogens is 1. The van der Waals surface area contributed by atoms with Crippen LogP contribution in [0.3, 0.4) is 0 Å². The molecule has 35 heavy (non-hydrogen) atoms. The van der Waals surface area contributed by atoms with E-state index in [1.54, 1.807) is 11.3 Å². The smallest absolute Gasteiger partial charge is 0.260 e. The molecule has 1 aliphatic rings. The van der Waals surface area contributed by atoms with Crippen LogP contribution in [0.2, 0.25) is 0 Å². The second kappa shape index (κ2) is 10.1. The third kappa shape index (κ3) is 4.91. The molecule has 4 aromatic rings. The molecule has 7 heteroatoms. The lowest BCUT2D eigenvalue weighted by molar-refractivity contribution is 0.208. The molecule has 6 nitrogen and oxygen atoms in total. The number of hydrogen-bond donors (Lipinski definition) is 1. The van der Waals surface area contributed by atoms with Crippen molar-refractivity contribution in [2.45, 2.75) is 46.5 Å². The van der Waals surface area contributed by atoms with E-state index in [0.29, 0.717) is 37.1 Å². The van der Waals surface area contributed by atoms with Crippen molar-refractivity contribution in [3.05, 3.63) is 68.3 Å². The second-order valence-electron chi connectivity index (χ2n) is 8.84. The lowest BCUT2D eigenvalue weighted by Crippen LogP contribution is -2.11. The van der Waals surface area contributed by atoms with Crippen LogP contribution in [0, 0.1) is 13.8 Å². The maximum atomic E-state index is 13.0. The number of aromatic amines is 1. The Bertz CT molecular complexity index is 1420. The van der Waals surface area contributed by atoms with Gasteiger partial charge >= 0.3 is 0 Å². The van der Waals surface area contributed by atoms with E-state index in [1.807, 2.05) is 37.3 Å². The van der Waals surface area contributed by atoms with Gasteiger partial charge in [-0.3, -0.25) is 4.79 Å². The van der Waals surface area contributed by atoms with E-state index in [4.69, 9.17) is 19.2 Å². The lowest BCUT2D eigenvalue weighted by Gasteiger charge is -2.14. The minimum atomic E-state index is -0.0637. The monoisotopic (exact) mass is 490 g/mol. The molecular formula is C28H30N2O4S. The van der Waals surface area contributed by atoms with Crippen LogP contribution in [0.1, 0.15) is 41.3 Å². The summed E-state index contributed by atoms with van der Waals surface area (Å²) < 4.78 is 17.6. The molecule has 0 amide bonds. The predicted octanol–water partition coefficient (Wildman–Crippen LogP) is 6.00. The van der Waals surface area contributed by atoms with Gasteiger partial charge in [-0.2, -0.15) is 0 Å². The van der Waals surface area contributed by atoms with E-state index < -0.39 is 0 Å². The van der Waals surface area contributed by atoms with Gasteiger partial charge in [-0.05, 0) is 93.5 Å². The molecule has 2 aromatic carbocycles. The molecule has 1 N–H and O–H groups in total. The van der Waals surface area contributed by atoms with Crippen molar-refractivity contribution in [1.82, 2.24) is 9.97 Å². The molecule has 2 aromatic heterocycles. The molecule has 182 valence electrons. The Hall–Kier alpha value is -3.32. The number of fused-ring (bicyclic) bond motifs is 3. The summed E-state index contributed by atoms with van der Waals surface area (Å²) in [5.74, 6) is 2.63. The summed E-state index contributed by atoms with van der Waals surface area (Å²) in [6.45, 7) is 7.39. The van der Waals surface area contributed by atoms with Crippen molar-refractivity contribution in [2.24, 2.45) is 0 Å². The number of hydrogen-bond acceptors (Lipinski definition) is 6. The van der Waals surface area contributed by atoms with E-state index in [1.165, 1.54) is 28.0 Å². The van der Waals surface area contributed by atoms with E-state index in [9.17, 15) is 4.79 Å². The van der Waals surface area contributed by atoms with E-state index in [2.05, 4.69) is 24.9 Å². The Kier molecular flexibility index (Phi) is 6.77. The summed E-state index contributed by atoms with van der Waals surface area (Å²) >= 11 is 1.65. The van der Waals surface area contributed by atoms with Gasteiger partial charge in [0.05, 0.1) is 12.0 Å². The van der Waals surface area contributed by atoms with Crippen LogP contribution in [-0.2, 0) is 12.8 Å². The quantitative estimate of drug-likeness (QED) is 0.307. The summed E-state index contributed by atoms with van der Waals surface area (Å²) in [6, 6.07) is 11.7. The van der Waals surface area contributed by atoms with Crippen molar-refractivity contribution in [1.29, 1.82) is 0 Å². The zero-order chi connectivity index (χ0) is 24.4. The minimum Gasteiger partial charge on any atom is -0.490 e. The fraction of sp³-hybridized carbons (Fsp3) is 0.357. The average Bonchev–Trinajstić information content (AvgIpc) is 3.24. The second-order valence-corrected chi connectivity index (χ2v) is 9.93. The molecule has 0 unspecified atom stereocenters. The summed E-state index contributed by atoms with van der Waals surface area (Å²) in [6.07, 6.45) is 4.32. The third-order valence-corrected chi connectivity index (χ3v) is 7.62. The van der Waals surface area contributed by atoms with Gasteiger partial charge in [-0.15, -0.1) is 11.3 Å². The third-order valence-electron chi connectivity index (χ3n) is 6.43. The van der Waals surface area contributed by atoms with Crippen LogP contribution in [0.5, 0.6) is 17.2 Å². The summed E-state index contributed by atoms with van der Waals surface area (Å²) in [5.41, 5.74) is 4.36. The van der Waals surface area contributed by atoms with Crippen LogP contribution in [0.4, 0.5) is 0 Å². The predicted molar refractivity (Wildman–Crippen MR) is 140 cm³/mol. The standard InChI is InChI=1S/C28H30N2O4S/c1-4-32-23-16-19(10-12-22(23)34-14-13-33-20-11-9-17(2)18(3)15-20)26-29-27(31)25-21-7-5-6-8-24(21)35-28(25)30-26/h9-12,15-16H,4-8,13-14H2,1-3H3,(H,29,30,31). The van der Waals surface area contributed by atoms with Crippen molar-refractivity contribution in [3.8, 4) is 28.6 Å². The number of rotatable bonds is 8. The van der Waals surface area contributed by atoms with Gasteiger partial charge in [0.2, 0.25) is 0 Å². The van der Waals surface area contributed by atoms with Crippen molar-refractivity contribution in [2.75, 3.05) is 19.8 Å². The maximum Gasteiger partial charge on any atom is 0.260 e. The van der Waals surface area contributed by atoms with Crippen LogP contribution in [-0.4, -0.2) is 29.8 Å². The number of nitrogens with zero attached hydrogens (tertiary/aromatic N) is 1. The number of benzene rings is 2. The van der Waals surface area contributed by atoms with Crippen molar-refractivity contribution in [3.63, 3.8) is 0 Å². The lowest BCUT2D eigenvalue weighted by atomic mass is 9.97. The molecule has 0 saturated carbocycles. The zero-order valence-corrected chi connectivity index (χ0v) is 21.2. The fourth-order valence-corrected chi connectivity index (χ4v) is 5.72. The molecule has 1 aliphatic carbocycles.